The minimum Gasteiger partial charge on any atom is -0.393 e. The van der Waals surface area contributed by atoms with Gasteiger partial charge in [0, 0.05) is 0 Å². The molecule has 160 valence electrons. The number of aliphatic hydroxyl groups is 2. The largest absolute Gasteiger partial charge is 0.393 e. The topological polar surface area (TPSA) is 58.9 Å². The number of aliphatic hydroxyl groups excluding tert-OH is 2. The lowest BCUT2D eigenvalue weighted by atomic mass is 9.43. The SMILES string of the molecule is CC(O)[C@H]1CCC2C3C(CC[C@@]21C)[C@@]1(C)CC[C@H](O)CC1[C@H]1OC(C)(C)O[C@H]31. The molecule has 0 amide bonds. The second kappa shape index (κ2) is 6.18. The molecule has 2 N–H and O–H groups in total. The van der Waals surface area contributed by atoms with E-state index in [1.165, 1.54) is 19.3 Å². The van der Waals surface area contributed by atoms with Gasteiger partial charge in [-0.25, -0.2) is 0 Å². The van der Waals surface area contributed by atoms with Gasteiger partial charge in [0.05, 0.1) is 24.4 Å². The van der Waals surface area contributed by atoms with Gasteiger partial charge in [0.15, 0.2) is 5.79 Å². The molecule has 28 heavy (non-hydrogen) atoms. The van der Waals surface area contributed by atoms with Crippen molar-refractivity contribution < 1.29 is 19.7 Å². The summed E-state index contributed by atoms with van der Waals surface area (Å²) < 4.78 is 13.2. The smallest absolute Gasteiger partial charge is 0.163 e. The van der Waals surface area contributed by atoms with E-state index in [1.54, 1.807) is 0 Å². The Morgan fingerprint density at radius 1 is 0.821 bits per heavy atom. The van der Waals surface area contributed by atoms with Crippen molar-refractivity contribution in [2.45, 2.75) is 110 Å². The van der Waals surface area contributed by atoms with Crippen LogP contribution in [0.2, 0.25) is 0 Å². The molecule has 4 aliphatic carbocycles. The first-order chi connectivity index (χ1) is 13.1. The van der Waals surface area contributed by atoms with Gasteiger partial charge in [0.1, 0.15) is 0 Å². The Morgan fingerprint density at radius 2 is 1.46 bits per heavy atom. The highest BCUT2D eigenvalue weighted by Gasteiger charge is 2.68. The molecule has 1 heterocycles. The highest BCUT2D eigenvalue weighted by molar-refractivity contribution is 5.16. The van der Waals surface area contributed by atoms with Crippen LogP contribution in [0.25, 0.3) is 0 Å². The normalized spacial score (nSPS) is 58.4. The second-order valence-electron chi connectivity index (χ2n) is 11.9. The van der Waals surface area contributed by atoms with Crippen molar-refractivity contribution in [3.05, 3.63) is 0 Å². The van der Waals surface area contributed by atoms with E-state index in [-0.39, 0.29) is 35.2 Å². The molecule has 5 fully saturated rings. The van der Waals surface area contributed by atoms with Crippen LogP contribution in [0.15, 0.2) is 0 Å². The van der Waals surface area contributed by atoms with Crippen LogP contribution in [-0.4, -0.2) is 40.4 Å². The summed E-state index contributed by atoms with van der Waals surface area (Å²) in [5, 5.41) is 21.0. The predicted molar refractivity (Wildman–Crippen MR) is 107 cm³/mol. The molecule has 5 unspecified atom stereocenters. The van der Waals surface area contributed by atoms with Crippen LogP contribution in [-0.2, 0) is 9.47 Å². The molecule has 4 saturated carbocycles. The summed E-state index contributed by atoms with van der Waals surface area (Å²) >= 11 is 0. The molecule has 11 atom stereocenters. The zero-order valence-electron chi connectivity index (χ0n) is 18.4. The maximum absolute atomic E-state index is 10.5. The van der Waals surface area contributed by atoms with Crippen molar-refractivity contribution in [3.8, 4) is 0 Å². The molecule has 5 aliphatic rings. The lowest BCUT2D eigenvalue weighted by molar-refractivity contribution is -0.191. The molecular weight excluding hydrogens is 352 g/mol. The molecule has 0 aromatic carbocycles. The molecule has 1 aliphatic heterocycles. The lowest BCUT2D eigenvalue weighted by Gasteiger charge is -2.63. The highest BCUT2D eigenvalue weighted by Crippen LogP contribution is 2.69. The first-order valence-electron chi connectivity index (χ1n) is 11.8. The van der Waals surface area contributed by atoms with E-state index in [9.17, 15) is 10.2 Å². The van der Waals surface area contributed by atoms with Crippen molar-refractivity contribution >= 4 is 0 Å². The van der Waals surface area contributed by atoms with Crippen LogP contribution in [0.4, 0.5) is 0 Å². The molecule has 0 radical (unpaired) electrons. The third-order valence-electron chi connectivity index (χ3n) is 10.2. The fourth-order valence-electron chi connectivity index (χ4n) is 8.99. The Bertz CT molecular complexity index is 632. The van der Waals surface area contributed by atoms with Crippen LogP contribution in [0.3, 0.4) is 0 Å². The van der Waals surface area contributed by atoms with E-state index in [4.69, 9.17) is 9.47 Å². The third-order valence-corrected chi connectivity index (χ3v) is 10.2. The summed E-state index contributed by atoms with van der Waals surface area (Å²) in [5.74, 6) is 2.04. The highest BCUT2D eigenvalue weighted by atomic mass is 16.8. The molecule has 0 aromatic rings. The Hall–Kier alpha value is -0.160. The van der Waals surface area contributed by atoms with E-state index in [1.807, 2.05) is 6.92 Å². The molecule has 1 saturated heterocycles. The van der Waals surface area contributed by atoms with Gasteiger partial charge in [0.25, 0.3) is 0 Å². The van der Waals surface area contributed by atoms with Crippen molar-refractivity contribution in [2.75, 3.05) is 0 Å². The molecule has 0 aromatic heterocycles. The number of hydrogen-bond acceptors (Lipinski definition) is 4. The third kappa shape index (κ3) is 2.57. The minimum absolute atomic E-state index is 0.101. The molecule has 0 spiro atoms. The van der Waals surface area contributed by atoms with E-state index in [0.29, 0.717) is 29.6 Å². The van der Waals surface area contributed by atoms with Crippen LogP contribution in [0.1, 0.15) is 79.6 Å². The second-order valence-corrected chi connectivity index (χ2v) is 11.9. The first-order valence-corrected chi connectivity index (χ1v) is 11.8. The summed E-state index contributed by atoms with van der Waals surface area (Å²) in [6, 6.07) is 0. The van der Waals surface area contributed by atoms with Crippen molar-refractivity contribution in [1.82, 2.24) is 0 Å². The van der Waals surface area contributed by atoms with Gasteiger partial charge in [-0.1, -0.05) is 13.8 Å². The average molecular weight is 393 g/mol. The maximum atomic E-state index is 10.5. The van der Waals surface area contributed by atoms with Gasteiger partial charge in [-0.15, -0.1) is 0 Å². The molecule has 5 rings (SSSR count). The Morgan fingerprint density at radius 3 is 2.18 bits per heavy atom. The van der Waals surface area contributed by atoms with Crippen molar-refractivity contribution in [3.63, 3.8) is 0 Å². The van der Waals surface area contributed by atoms with Gasteiger partial charge < -0.3 is 19.7 Å². The van der Waals surface area contributed by atoms with Gasteiger partial charge in [-0.2, -0.15) is 0 Å². The maximum Gasteiger partial charge on any atom is 0.163 e. The van der Waals surface area contributed by atoms with E-state index < -0.39 is 5.79 Å². The number of ether oxygens (including phenoxy) is 2. The van der Waals surface area contributed by atoms with Crippen LogP contribution < -0.4 is 0 Å². The van der Waals surface area contributed by atoms with Crippen LogP contribution in [0.5, 0.6) is 0 Å². The van der Waals surface area contributed by atoms with E-state index in [0.717, 1.165) is 25.7 Å². The zero-order chi connectivity index (χ0) is 20.1. The summed E-state index contributed by atoms with van der Waals surface area (Å²) in [5.41, 5.74) is 0.451. The summed E-state index contributed by atoms with van der Waals surface area (Å²) in [6.07, 6.45) is 7.53. The fraction of sp³-hybridized carbons (Fsp3) is 1.00. The monoisotopic (exact) mass is 392 g/mol. The molecule has 0 bridgehead atoms. The molecule has 4 heteroatoms. The average Bonchev–Trinajstić information content (AvgIpc) is 3.12. The molecular formula is C24H40O4. The van der Waals surface area contributed by atoms with Crippen LogP contribution >= 0.6 is 0 Å². The Kier molecular flexibility index (Phi) is 4.37. The van der Waals surface area contributed by atoms with Gasteiger partial charge in [-0.3, -0.25) is 0 Å². The predicted octanol–water partition coefficient (Wildman–Crippen LogP) is 4.13. The van der Waals surface area contributed by atoms with Gasteiger partial charge in [-0.05, 0) is 106 Å². The first kappa shape index (κ1) is 19.8. The number of fused-ring (bicyclic) bond motifs is 8. The van der Waals surface area contributed by atoms with Gasteiger partial charge in [0.2, 0.25) is 0 Å². The van der Waals surface area contributed by atoms with Gasteiger partial charge >= 0.3 is 0 Å². The summed E-state index contributed by atoms with van der Waals surface area (Å²) in [6.45, 7) is 11.1. The Balaban J connectivity index is 1.56. The fourth-order valence-corrected chi connectivity index (χ4v) is 8.99. The van der Waals surface area contributed by atoms with Crippen molar-refractivity contribution in [2.24, 2.45) is 40.4 Å². The van der Waals surface area contributed by atoms with E-state index >= 15 is 0 Å². The quantitative estimate of drug-likeness (QED) is 0.704. The van der Waals surface area contributed by atoms with Crippen molar-refractivity contribution in [1.29, 1.82) is 0 Å². The zero-order valence-corrected chi connectivity index (χ0v) is 18.4. The standard InChI is InChI=1S/C24H40O4/c1-13(25)15-6-7-16-19-17(9-11-23(15,16)4)24(5)10-8-14(26)12-18(24)20-21(19)28-22(2,3)27-20/h13-21,25-26H,6-12H2,1-5H3/t13?,14-,15+,16?,17?,18?,19?,20+,21+,23+,24+/m0/s1. The summed E-state index contributed by atoms with van der Waals surface area (Å²) in [4.78, 5) is 0. The minimum atomic E-state index is -0.538. The van der Waals surface area contributed by atoms with Crippen LogP contribution in [0, 0.1) is 40.4 Å². The summed E-state index contributed by atoms with van der Waals surface area (Å²) in [7, 11) is 0. The van der Waals surface area contributed by atoms with E-state index in [2.05, 4.69) is 27.7 Å². The number of hydrogen-bond donors (Lipinski definition) is 2. The molecule has 4 nitrogen and oxygen atoms in total. The number of rotatable bonds is 1. The lowest BCUT2D eigenvalue weighted by Crippen LogP contribution is -2.63. The Labute approximate surface area is 170 Å².